The summed E-state index contributed by atoms with van der Waals surface area (Å²) in [6.07, 6.45) is 1.14. The van der Waals surface area contributed by atoms with E-state index in [1.54, 1.807) is 12.1 Å². The van der Waals surface area contributed by atoms with Crippen LogP contribution in [0.15, 0.2) is 24.3 Å². The molecule has 2 N–H and O–H groups in total. The fourth-order valence-corrected chi connectivity index (χ4v) is 2.33. The van der Waals surface area contributed by atoms with Crippen molar-refractivity contribution in [1.29, 1.82) is 0 Å². The summed E-state index contributed by atoms with van der Waals surface area (Å²) in [5.74, 6) is 0. The number of rotatable bonds is 5. The summed E-state index contributed by atoms with van der Waals surface area (Å²) >= 11 is 0. The minimum atomic E-state index is -3.23. The quantitative estimate of drug-likeness (QED) is 0.851. The molecule has 0 saturated carbocycles. The smallest absolute Gasteiger partial charge is 0.229 e. The van der Waals surface area contributed by atoms with Crippen LogP contribution in [0.25, 0.3) is 0 Å². The molecule has 18 heavy (non-hydrogen) atoms. The fourth-order valence-electron chi connectivity index (χ4n) is 1.77. The SMILES string of the molecule is CC1(CNc2cccc(NS(C)(=O)=O)c2)COC1. The van der Waals surface area contributed by atoms with Crippen molar-refractivity contribution in [3.8, 4) is 0 Å². The molecule has 0 atom stereocenters. The van der Waals surface area contributed by atoms with Crippen molar-refractivity contribution >= 4 is 21.4 Å². The maximum Gasteiger partial charge on any atom is 0.229 e. The van der Waals surface area contributed by atoms with E-state index in [-0.39, 0.29) is 5.41 Å². The van der Waals surface area contributed by atoms with Gasteiger partial charge in [0.05, 0.1) is 25.2 Å². The number of nitrogens with one attached hydrogen (secondary N) is 2. The Hall–Kier alpha value is -1.27. The van der Waals surface area contributed by atoms with E-state index in [2.05, 4.69) is 17.0 Å². The first kappa shape index (κ1) is 13.2. The molecule has 1 aliphatic rings. The highest BCUT2D eigenvalue weighted by Gasteiger charge is 2.32. The van der Waals surface area contributed by atoms with E-state index >= 15 is 0 Å². The standard InChI is InChI=1S/C12H18N2O3S/c1-12(8-17-9-12)7-13-10-4-3-5-11(6-10)14-18(2,15)16/h3-6,13-14H,7-9H2,1-2H3. The summed E-state index contributed by atoms with van der Waals surface area (Å²) in [6, 6.07) is 7.23. The molecule has 0 radical (unpaired) electrons. The molecule has 0 bridgehead atoms. The number of sulfonamides is 1. The van der Waals surface area contributed by atoms with Crippen LogP contribution in [0.3, 0.4) is 0 Å². The van der Waals surface area contributed by atoms with Crippen molar-refractivity contribution in [2.45, 2.75) is 6.92 Å². The normalized spacial score (nSPS) is 17.9. The van der Waals surface area contributed by atoms with Crippen LogP contribution in [0.5, 0.6) is 0 Å². The third-order valence-corrected chi connectivity index (χ3v) is 3.39. The van der Waals surface area contributed by atoms with Crippen LogP contribution in [-0.4, -0.2) is 34.4 Å². The Morgan fingerprint density at radius 2 is 2.00 bits per heavy atom. The average Bonchev–Trinajstić information content (AvgIpc) is 2.22. The Balaban J connectivity index is 1.98. The first-order valence-electron chi connectivity index (χ1n) is 5.76. The zero-order chi connectivity index (χ0) is 13.2. The number of anilines is 2. The minimum Gasteiger partial charge on any atom is -0.384 e. The summed E-state index contributed by atoms with van der Waals surface area (Å²) in [7, 11) is -3.23. The highest BCUT2D eigenvalue weighted by atomic mass is 32.2. The minimum absolute atomic E-state index is 0.181. The molecule has 1 aliphatic heterocycles. The molecule has 100 valence electrons. The van der Waals surface area contributed by atoms with Crippen molar-refractivity contribution in [3.63, 3.8) is 0 Å². The summed E-state index contributed by atoms with van der Waals surface area (Å²) in [4.78, 5) is 0. The van der Waals surface area contributed by atoms with Crippen molar-refractivity contribution in [2.75, 3.05) is 36.1 Å². The predicted octanol–water partition coefficient (Wildman–Crippen LogP) is 1.51. The molecule has 0 aliphatic carbocycles. The van der Waals surface area contributed by atoms with Gasteiger partial charge in [0.15, 0.2) is 0 Å². The average molecular weight is 270 g/mol. The largest absolute Gasteiger partial charge is 0.384 e. The molecule has 5 nitrogen and oxygen atoms in total. The Labute approximate surface area is 108 Å². The van der Waals surface area contributed by atoms with Crippen LogP contribution in [0.2, 0.25) is 0 Å². The topological polar surface area (TPSA) is 67.4 Å². The third kappa shape index (κ3) is 3.61. The van der Waals surface area contributed by atoms with Gasteiger partial charge >= 0.3 is 0 Å². The van der Waals surface area contributed by atoms with Gasteiger partial charge in [-0.05, 0) is 18.2 Å². The van der Waals surface area contributed by atoms with E-state index in [1.807, 2.05) is 12.1 Å². The van der Waals surface area contributed by atoms with E-state index in [9.17, 15) is 8.42 Å². The summed E-state index contributed by atoms with van der Waals surface area (Å²) < 4.78 is 29.9. The van der Waals surface area contributed by atoms with Crippen LogP contribution in [0, 0.1) is 5.41 Å². The van der Waals surface area contributed by atoms with E-state index in [4.69, 9.17) is 4.74 Å². The van der Waals surface area contributed by atoms with Gasteiger partial charge in [-0.25, -0.2) is 8.42 Å². The monoisotopic (exact) mass is 270 g/mol. The van der Waals surface area contributed by atoms with Crippen LogP contribution < -0.4 is 10.0 Å². The zero-order valence-electron chi connectivity index (χ0n) is 10.6. The van der Waals surface area contributed by atoms with Crippen molar-refractivity contribution < 1.29 is 13.2 Å². The molecule has 0 amide bonds. The van der Waals surface area contributed by atoms with Crippen molar-refractivity contribution in [1.82, 2.24) is 0 Å². The Morgan fingerprint density at radius 1 is 1.33 bits per heavy atom. The maximum atomic E-state index is 11.1. The Morgan fingerprint density at radius 3 is 2.56 bits per heavy atom. The lowest BCUT2D eigenvalue weighted by molar-refractivity contribution is -0.0924. The molecule has 1 saturated heterocycles. The third-order valence-electron chi connectivity index (χ3n) is 2.79. The van der Waals surface area contributed by atoms with Gasteiger partial charge in [-0.2, -0.15) is 0 Å². The molecular formula is C12H18N2O3S. The van der Waals surface area contributed by atoms with E-state index in [0.717, 1.165) is 31.7 Å². The van der Waals surface area contributed by atoms with Crippen LogP contribution >= 0.6 is 0 Å². The summed E-state index contributed by atoms with van der Waals surface area (Å²) in [5.41, 5.74) is 1.65. The van der Waals surface area contributed by atoms with Gasteiger partial charge in [-0.15, -0.1) is 0 Å². The number of benzene rings is 1. The molecular weight excluding hydrogens is 252 g/mol. The molecule has 0 unspecified atom stereocenters. The number of hydrogen-bond donors (Lipinski definition) is 2. The Kier molecular flexibility index (Phi) is 3.49. The Bertz CT molecular complexity index is 524. The van der Waals surface area contributed by atoms with Gasteiger partial charge in [0.2, 0.25) is 10.0 Å². The molecule has 0 aromatic heterocycles. The lowest BCUT2D eigenvalue weighted by Crippen LogP contribution is -2.45. The summed E-state index contributed by atoms with van der Waals surface area (Å²) in [6.45, 7) is 4.50. The van der Waals surface area contributed by atoms with Gasteiger partial charge in [0.1, 0.15) is 0 Å². The highest BCUT2D eigenvalue weighted by molar-refractivity contribution is 7.92. The van der Waals surface area contributed by atoms with Gasteiger partial charge in [-0.3, -0.25) is 4.72 Å². The molecule has 1 heterocycles. The van der Waals surface area contributed by atoms with Gasteiger partial charge in [-0.1, -0.05) is 13.0 Å². The lowest BCUT2D eigenvalue weighted by atomic mass is 9.89. The second kappa shape index (κ2) is 4.78. The number of hydrogen-bond acceptors (Lipinski definition) is 4. The highest BCUT2D eigenvalue weighted by Crippen LogP contribution is 2.27. The molecule has 1 fully saturated rings. The van der Waals surface area contributed by atoms with Gasteiger partial charge in [0.25, 0.3) is 0 Å². The van der Waals surface area contributed by atoms with Crippen LogP contribution in [0.1, 0.15) is 6.92 Å². The maximum absolute atomic E-state index is 11.1. The second-order valence-corrected chi connectivity index (χ2v) is 6.86. The molecule has 0 spiro atoms. The lowest BCUT2D eigenvalue weighted by Gasteiger charge is -2.38. The molecule has 2 rings (SSSR count). The van der Waals surface area contributed by atoms with Crippen LogP contribution in [-0.2, 0) is 14.8 Å². The van der Waals surface area contributed by atoms with Crippen molar-refractivity contribution in [3.05, 3.63) is 24.3 Å². The van der Waals surface area contributed by atoms with Crippen LogP contribution in [0.4, 0.5) is 11.4 Å². The van der Waals surface area contributed by atoms with Crippen molar-refractivity contribution in [2.24, 2.45) is 5.41 Å². The first-order valence-corrected chi connectivity index (χ1v) is 7.65. The molecule has 6 heteroatoms. The zero-order valence-corrected chi connectivity index (χ0v) is 11.4. The van der Waals surface area contributed by atoms with E-state index in [1.165, 1.54) is 0 Å². The first-order chi connectivity index (χ1) is 8.36. The summed E-state index contributed by atoms with van der Waals surface area (Å²) in [5, 5.41) is 3.30. The molecule has 1 aromatic carbocycles. The number of ether oxygens (including phenoxy) is 1. The predicted molar refractivity (Wildman–Crippen MR) is 72.3 cm³/mol. The fraction of sp³-hybridized carbons (Fsp3) is 0.500. The van der Waals surface area contributed by atoms with Gasteiger partial charge in [0, 0.05) is 17.6 Å². The van der Waals surface area contributed by atoms with E-state index in [0.29, 0.717) is 5.69 Å². The second-order valence-electron chi connectivity index (χ2n) is 5.11. The molecule has 1 aromatic rings. The van der Waals surface area contributed by atoms with E-state index < -0.39 is 10.0 Å². The van der Waals surface area contributed by atoms with Gasteiger partial charge < -0.3 is 10.1 Å².